The number of amides is 2. The first-order valence-electron chi connectivity index (χ1n) is 9.44. The Labute approximate surface area is 179 Å². The number of anilines is 2. The van der Waals surface area contributed by atoms with Crippen LogP contribution in [0.15, 0.2) is 67.1 Å². The second-order valence-corrected chi connectivity index (χ2v) is 7.35. The van der Waals surface area contributed by atoms with Crippen LogP contribution in [-0.2, 0) is 6.54 Å². The van der Waals surface area contributed by atoms with E-state index in [1.54, 1.807) is 37.7 Å². The van der Waals surface area contributed by atoms with E-state index in [4.69, 9.17) is 16.3 Å². The average Bonchev–Trinajstić information content (AvgIpc) is 3.16. The van der Waals surface area contributed by atoms with Gasteiger partial charge in [-0.25, -0.2) is 4.79 Å². The maximum absolute atomic E-state index is 12.7. The number of hydrogen-bond acceptors (Lipinski definition) is 3. The third-order valence-electron chi connectivity index (χ3n) is 4.89. The van der Waals surface area contributed by atoms with Gasteiger partial charge in [-0.2, -0.15) is 0 Å². The Morgan fingerprint density at radius 3 is 2.60 bits per heavy atom. The number of aryl methyl sites for hydroxylation is 1. The number of methoxy groups -OCH3 is 1. The maximum atomic E-state index is 12.7. The van der Waals surface area contributed by atoms with E-state index in [1.807, 2.05) is 36.5 Å². The van der Waals surface area contributed by atoms with Crippen molar-refractivity contribution in [3.63, 3.8) is 0 Å². The van der Waals surface area contributed by atoms with E-state index in [1.165, 1.54) is 0 Å². The number of ether oxygens (including phenoxy) is 1. The molecule has 4 aromatic rings. The van der Waals surface area contributed by atoms with Crippen molar-refractivity contribution in [2.24, 2.45) is 0 Å². The molecule has 4 rings (SSSR count). The van der Waals surface area contributed by atoms with Crippen molar-refractivity contribution >= 4 is 39.9 Å². The van der Waals surface area contributed by atoms with Gasteiger partial charge in [0.1, 0.15) is 5.75 Å². The van der Waals surface area contributed by atoms with Gasteiger partial charge in [-0.05, 0) is 60.5 Å². The lowest BCUT2D eigenvalue weighted by Gasteiger charge is -2.13. The third-order valence-corrected chi connectivity index (χ3v) is 5.12. The first-order chi connectivity index (χ1) is 14.5. The van der Waals surface area contributed by atoms with Crippen molar-refractivity contribution in [2.75, 3.05) is 17.7 Å². The molecular formula is C23H21ClN4O2. The summed E-state index contributed by atoms with van der Waals surface area (Å²) in [6, 6.07) is 14.6. The van der Waals surface area contributed by atoms with Crippen LogP contribution in [0, 0.1) is 6.92 Å². The van der Waals surface area contributed by atoms with Gasteiger partial charge in [-0.15, -0.1) is 0 Å². The highest BCUT2D eigenvalue weighted by Gasteiger charge is 2.13. The lowest BCUT2D eigenvalue weighted by molar-refractivity contribution is 0.262. The number of nitrogens with one attached hydrogen (secondary N) is 2. The van der Waals surface area contributed by atoms with Gasteiger partial charge >= 0.3 is 6.03 Å². The fraction of sp³-hybridized carbons (Fsp3) is 0.130. The van der Waals surface area contributed by atoms with Crippen LogP contribution in [-0.4, -0.2) is 22.7 Å². The molecule has 0 fully saturated rings. The third kappa shape index (κ3) is 4.09. The van der Waals surface area contributed by atoms with Crippen molar-refractivity contribution in [1.29, 1.82) is 0 Å². The molecule has 0 saturated heterocycles. The zero-order chi connectivity index (χ0) is 21.1. The maximum Gasteiger partial charge on any atom is 0.323 e. The van der Waals surface area contributed by atoms with Crippen LogP contribution < -0.4 is 15.4 Å². The molecule has 0 bridgehead atoms. The van der Waals surface area contributed by atoms with Gasteiger partial charge in [0, 0.05) is 35.5 Å². The molecule has 2 heterocycles. The normalized spacial score (nSPS) is 10.8. The van der Waals surface area contributed by atoms with Gasteiger partial charge in [-0.1, -0.05) is 17.7 Å². The lowest BCUT2D eigenvalue weighted by atomic mass is 10.1. The average molecular weight is 421 g/mol. The number of urea groups is 1. The molecule has 0 radical (unpaired) electrons. The first-order valence-corrected chi connectivity index (χ1v) is 9.82. The summed E-state index contributed by atoms with van der Waals surface area (Å²) in [5.41, 5.74) is 4.59. The van der Waals surface area contributed by atoms with E-state index in [9.17, 15) is 4.79 Å². The highest BCUT2D eigenvalue weighted by Crippen LogP contribution is 2.30. The number of aromatic nitrogens is 2. The Morgan fingerprint density at radius 2 is 1.83 bits per heavy atom. The molecule has 0 aliphatic heterocycles. The molecule has 0 aliphatic carbocycles. The molecule has 0 aliphatic rings. The van der Waals surface area contributed by atoms with Gasteiger partial charge < -0.3 is 19.9 Å². The zero-order valence-electron chi connectivity index (χ0n) is 16.6. The SMILES string of the molecule is COc1ccc(Cl)cc1NC(=O)Nc1ccc(C)c2c1ccn2Cc1ccncc1. The number of carbonyl (C=O) groups is 1. The molecule has 2 aromatic carbocycles. The van der Waals surface area contributed by atoms with E-state index in [0.717, 1.165) is 34.3 Å². The Morgan fingerprint density at radius 1 is 1.07 bits per heavy atom. The van der Waals surface area contributed by atoms with E-state index in [0.29, 0.717) is 16.5 Å². The van der Waals surface area contributed by atoms with Crippen LogP contribution in [0.25, 0.3) is 10.9 Å². The van der Waals surface area contributed by atoms with Crippen LogP contribution in [0.5, 0.6) is 5.75 Å². The highest BCUT2D eigenvalue weighted by molar-refractivity contribution is 6.31. The van der Waals surface area contributed by atoms with E-state index in [2.05, 4.69) is 27.1 Å². The van der Waals surface area contributed by atoms with Gasteiger partial charge in [0.2, 0.25) is 0 Å². The Kier molecular flexibility index (Phi) is 5.59. The summed E-state index contributed by atoms with van der Waals surface area (Å²) in [6.07, 6.45) is 5.60. The second-order valence-electron chi connectivity index (χ2n) is 6.92. The summed E-state index contributed by atoms with van der Waals surface area (Å²) in [5, 5.41) is 7.22. The molecular weight excluding hydrogens is 400 g/mol. The fourth-order valence-corrected chi connectivity index (χ4v) is 3.66. The van der Waals surface area contributed by atoms with Crippen LogP contribution in [0.1, 0.15) is 11.1 Å². The molecule has 0 atom stereocenters. The molecule has 0 spiro atoms. The molecule has 2 aromatic heterocycles. The van der Waals surface area contributed by atoms with Crippen LogP contribution >= 0.6 is 11.6 Å². The topological polar surface area (TPSA) is 68.2 Å². The molecule has 152 valence electrons. The molecule has 7 heteroatoms. The van der Waals surface area contributed by atoms with Gasteiger partial charge in [0.25, 0.3) is 0 Å². The minimum absolute atomic E-state index is 0.373. The molecule has 0 saturated carbocycles. The molecule has 2 amide bonds. The number of hydrogen-bond donors (Lipinski definition) is 2. The number of pyridine rings is 1. The smallest absolute Gasteiger partial charge is 0.323 e. The van der Waals surface area contributed by atoms with Crippen molar-refractivity contribution < 1.29 is 9.53 Å². The minimum Gasteiger partial charge on any atom is -0.495 e. The predicted octanol–water partition coefficient (Wildman–Crippen LogP) is 5.70. The lowest BCUT2D eigenvalue weighted by Crippen LogP contribution is -2.20. The zero-order valence-corrected chi connectivity index (χ0v) is 17.4. The van der Waals surface area contributed by atoms with Crippen molar-refractivity contribution in [2.45, 2.75) is 13.5 Å². The monoisotopic (exact) mass is 420 g/mol. The van der Waals surface area contributed by atoms with Gasteiger partial charge in [-0.3, -0.25) is 4.98 Å². The fourth-order valence-electron chi connectivity index (χ4n) is 3.49. The van der Waals surface area contributed by atoms with E-state index >= 15 is 0 Å². The summed E-state index contributed by atoms with van der Waals surface area (Å²) < 4.78 is 7.46. The second kappa shape index (κ2) is 8.47. The van der Waals surface area contributed by atoms with E-state index < -0.39 is 0 Å². The summed E-state index contributed by atoms with van der Waals surface area (Å²) in [7, 11) is 1.54. The summed E-state index contributed by atoms with van der Waals surface area (Å²) in [6.45, 7) is 2.79. The number of nitrogens with zero attached hydrogens (tertiary/aromatic N) is 2. The Hall–Kier alpha value is -3.51. The largest absolute Gasteiger partial charge is 0.495 e. The van der Waals surface area contributed by atoms with Crippen LogP contribution in [0.2, 0.25) is 5.02 Å². The summed E-state index contributed by atoms with van der Waals surface area (Å²) in [4.78, 5) is 16.7. The number of fused-ring (bicyclic) bond motifs is 1. The molecule has 2 N–H and O–H groups in total. The standard InChI is InChI=1S/C23H21ClN4O2/c1-15-3-5-19(26-23(29)27-20-13-17(24)4-6-21(20)30-2)18-9-12-28(22(15)18)14-16-7-10-25-11-8-16/h3-13H,14H2,1-2H3,(H2,26,27,29). The predicted molar refractivity (Wildman–Crippen MR) is 121 cm³/mol. The van der Waals surface area contributed by atoms with Crippen LogP contribution in [0.4, 0.5) is 16.2 Å². The Bertz CT molecular complexity index is 1200. The number of rotatable bonds is 5. The number of benzene rings is 2. The molecule has 30 heavy (non-hydrogen) atoms. The minimum atomic E-state index is -0.373. The first kappa shape index (κ1) is 19.8. The Balaban J connectivity index is 1.60. The summed E-state index contributed by atoms with van der Waals surface area (Å²) in [5.74, 6) is 0.534. The van der Waals surface area contributed by atoms with Crippen molar-refractivity contribution in [3.8, 4) is 5.75 Å². The summed E-state index contributed by atoms with van der Waals surface area (Å²) >= 11 is 6.05. The quantitative estimate of drug-likeness (QED) is 0.435. The number of carbonyl (C=O) groups excluding carboxylic acids is 1. The highest BCUT2D eigenvalue weighted by atomic mass is 35.5. The van der Waals surface area contributed by atoms with E-state index in [-0.39, 0.29) is 6.03 Å². The van der Waals surface area contributed by atoms with Crippen molar-refractivity contribution in [1.82, 2.24) is 9.55 Å². The van der Waals surface area contributed by atoms with Crippen LogP contribution in [0.3, 0.4) is 0 Å². The molecule has 0 unspecified atom stereocenters. The van der Waals surface area contributed by atoms with Gasteiger partial charge in [0.05, 0.1) is 24.0 Å². The molecule has 6 nitrogen and oxygen atoms in total. The number of halogens is 1. The van der Waals surface area contributed by atoms with Gasteiger partial charge in [0.15, 0.2) is 0 Å². The van der Waals surface area contributed by atoms with Crippen molar-refractivity contribution in [3.05, 3.63) is 83.3 Å².